The molecule has 4 rings (SSSR count). The maximum atomic E-state index is 4.81. The van der Waals surface area contributed by atoms with Crippen LogP contribution in [0.15, 0.2) is 24.3 Å². The highest BCUT2D eigenvalue weighted by molar-refractivity contribution is 5.90. The lowest BCUT2D eigenvalue weighted by Gasteiger charge is -2.30. The van der Waals surface area contributed by atoms with Crippen LogP contribution in [0.5, 0.6) is 0 Å². The number of hydrogen-bond donors (Lipinski definition) is 2. The lowest BCUT2D eigenvalue weighted by molar-refractivity contribution is 0.315. The summed E-state index contributed by atoms with van der Waals surface area (Å²) >= 11 is 0. The quantitative estimate of drug-likeness (QED) is 0.574. The largest absolute Gasteiger partial charge is 0.362 e. The Morgan fingerprint density at radius 1 is 0.900 bits per heavy atom. The number of nitrogens with one attached hydrogen (secondary N) is 2. The molecule has 2 saturated carbocycles. The Bertz CT molecular complexity index is 791. The molecule has 0 unspecified atom stereocenters. The van der Waals surface area contributed by atoms with Crippen molar-refractivity contribution in [3.63, 3.8) is 0 Å². The van der Waals surface area contributed by atoms with Crippen LogP contribution in [0, 0.1) is 5.92 Å². The third kappa shape index (κ3) is 5.63. The summed E-state index contributed by atoms with van der Waals surface area (Å²) in [5, 5.41) is 8.56. The second-order valence-electron chi connectivity index (χ2n) is 9.58. The van der Waals surface area contributed by atoms with Gasteiger partial charge in [-0.05, 0) is 63.1 Å². The minimum Gasteiger partial charge on any atom is -0.362 e. The number of aromatic nitrogens is 2. The van der Waals surface area contributed by atoms with Crippen molar-refractivity contribution < 1.29 is 0 Å². The first-order chi connectivity index (χ1) is 14.7. The summed E-state index contributed by atoms with van der Waals surface area (Å²) in [6, 6.07) is 9.42. The smallest absolute Gasteiger partial charge is 0.225 e. The highest BCUT2D eigenvalue weighted by Crippen LogP contribution is 2.28. The molecule has 164 valence electrons. The molecule has 5 heteroatoms. The Kier molecular flexibility index (Phi) is 7.42. The summed E-state index contributed by atoms with van der Waals surface area (Å²) in [5.74, 6) is 2.76. The van der Waals surface area contributed by atoms with Crippen LogP contribution in [0.25, 0.3) is 10.9 Å². The van der Waals surface area contributed by atoms with E-state index in [1.807, 2.05) is 20.2 Å². The van der Waals surface area contributed by atoms with Crippen LogP contribution < -0.4 is 15.5 Å². The molecule has 0 radical (unpaired) electrons. The maximum absolute atomic E-state index is 4.81. The standard InChI is InChI=1S/C25H39N5/c1-30(2)24-22-12-6-7-13-23(22)28-25(29-24)27-21-16-14-20(15-17-21)26-18-8-11-19-9-4-3-5-10-19/h6-7,12-13,19-21,26H,3-5,8-11,14-18H2,1-2H3,(H,27,28,29)/t20-,21+. The minimum absolute atomic E-state index is 0.474. The van der Waals surface area contributed by atoms with E-state index in [9.17, 15) is 0 Å². The molecular formula is C25H39N5. The highest BCUT2D eigenvalue weighted by atomic mass is 15.2. The van der Waals surface area contributed by atoms with Gasteiger partial charge in [0.1, 0.15) is 5.82 Å². The molecule has 2 aliphatic rings. The van der Waals surface area contributed by atoms with Crippen LogP contribution in [0.2, 0.25) is 0 Å². The highest BCUT2D eigenvalue weighted by Gasteiger charge is 2.22. The van der Waals surface area contributed by atoms with E-state index in [2.05, 4.69) is 33.7 Å². The van der Waals surface area contributed by atoms with Gasteiger partial charge in [0.2, 0.25) is 5.95 Å². The summed E-state index contributed by atoms with van der Waals surface area (Å²) in [6.45, 7) is 1.19. The number of rotatable bonds is 8. The fourth-order valence-electron chi connectivity index (χ4n) is 5.26. The molecule has 2 N–H and O–H groups in total. The fourth-order valence-corrected chi connectivity index (χ4v) is 5.26. The predicted octanol–water partition coefficient (Wildman–Crippen LogP) is 5.37. The maximum Gasteiger partial charge on any atom is 0.225 e. The molecule has 5 nitrogen and oxygen atoms in total. The van der Waals surface area contributed by atoms with Crippen molar-refractivity contribution in [3.05, 3.63) is 24.3 Å². The van der Waals surface area contributed by atoms with Crippen molar-refractivity contribution in [1.82, 2.24) is 15.3 Å². The van der Waals surface area contributed by atoms with E-state index < -0.39 is 0 Å². The van der Waals surface area contributed by atoms with Gasteiger partial charge in [0.15, 0.2) is 0 Å². The monoisotopic (exact) mass is 409 g/mol. The Balaban J connectivity index is 1.23. The van der Waals surface area contributed by atoms with Crippen LogP contribution in [-0.4, -0.2) is 42.7 Å². The average Bonchev–Trinajstić information content (AvgIpc) is 2.78. The topological polar surface area (TPSA) is 53.1 Å². The first-order valence-electron chi connectivity index (χ1n) is 12.1. The molecule has 30 heavy (non-hydrogen) atoms. The summed E-state index contributed by atoms with van der Waals surface area (Å²) in [4.78, 5) is 11.7. The summed E-state index contributed by atoms with van der Waals surface area (Å²) in [5.41, 5.74) is 1.01. The molecule has 0 saturated heterocycles. The van der Waals surface area contributed by atoms with E-state index in [0.29, 0.717) is 12.1 Å². The molecule has 2 aromatic rings. The van der Waals surface area contributed by atoms with Gasteiger partial charge < -0.3 is 15.5 Å². The molecule has 0 atom stereocenters. The van der Waals surface area contributed by atoms with Gasteiger partial charge in [0.05, 0.1) is 5.52 Å². The van der Waals surface area contributed by atoms with Crippen LogP contribution >= 0.6 is 0 Å². The van der Waals surface area contributed by atoms with E-state index >= 15 is 0 Å². The van der Waals surface area contributed by atoms with Gasteiger partial charge >= 0.3 is 0 Å². The molecule has 1 aromatic carbocycles. The number of fused-ring (bicyclic) bond motifs is 1. The third-order valence-corrected chi connectivity index (χ3v) is 7.01. The average molecular weight is 410 g/mol. The molecule has 1 heterocycles. The number of anilines is 2. The second-order valence-corrected chi connectivity index (χ2v) is 9.58. The Morgan fingerprint density at radius 3 is 2.40 bits per heavy atom. The van der Waals surface area contributed by atoms with Crippen molar-refractivity contribution in [2.75, 3.05) is 30.9 Å². The summed E-state index contributed by atoms with van der Waals surface area (Å²) in [6.07, 6.45) is 15.0. The summed E-state index contributed by atoms with van der Waals surface area (Å²) < 4.78 is 0. The minimum atomic E-state index is 0.474. The zero-order chi connectivity index (χ0) is 20.8. The molecule has 0 spiro atoms. The van der Waals surface area contributed by atoms with E-state index in [0.717, 1.165) is 28.6 Å². The first-order valence-corrected chi connectivity index (χ1v) is 12.1. The van der Waals surface area contributed by atoms with Gasteiger partial charge in [0.25, 0.3) is 0 Å². The number of para-hydroxylation sites is 1. The SMILES string of the molecule is CN(C)c1nc(N[C@H]2CC[C@@H](NCCCC3CCCCC3)CC2)nc2ccccc12. The number of benzene rings is 1. The first kappa shape index (κ1) is 21.4. The van der Waals surface area contributed by atoms with Crippen molar-refractivity contribution in [3.8, 4) is 0 Å². The molecule has 1 aromatic heterocycles. The van der Waals surface area contributed by atoms with Gasteiger partial charge in [-0.3, -0.25) is 0 Å². The predicted molar refractivity (Wildman–Crippen MR) is 127 cm³/mol. The zero-order valence-electron chi connectivity index (χ0n) is 18.9. The van der Waals surface area contributed by atoms with Gasteiger partial charge in [-0.2, -0.15) is 4.98 Å². The van der Waals surface area contributed by atoms with Gasteiger partial charge in [-0.15, -0.1) is 0 Å². The molecule has 0 aliphatic heterocycles. The summed E-state index contributed by atoms with van der Waals surface area (Å²) in [7, 11) is 4.09. The second kappa shape index (κ2) is 10.4. The lowest BCUT2D eigenvalue weighted by atomic mass is 9.86. The third-order valence-electron chi connectivity index (χ3n) is 7.01. The van der Waals surface area contributed by atoms with Crippen LogP contribution in [-0.2, 0) is 0 Å². The van der Waals surface area contributed by atoms with Crippen LogP contribution in [0.1, 0.15) is 70.6 Å². The number of hydrogen-bond acceptors (Lipinski definition) is 5. The molecule has 2 aliphatic carbocycles. The van der Waals surface area contributed by atoms with Crippen molar-refractivity contribution in [2.24, 2.45) is 5.92 Å². The molecular weight excluding hydrogens is 370 g/mol. The van der Waals surface area contributed by atoms with Crippen molar-refractivity contribution >= 4 is 22.7 Å². The Morgan fingerprint density at radius 2 is 1.63 bits per heavy atom. The number of nitrogens with zero attached hydrogens (tertiary/aromatic N) is 3. The van der Waals surface area contributed by atoms with Gasteiger partial charge in [0, 0.05) is 31.6 Å². The Labute approximate surface area is 182 Å². The van der Waals surface area contributed by atoms with Gasteiger partial charge in [-0.25, -0.2) is 4.98 Å². The molecule has 0 bridgehead atoms. The normalized spacial score (nSPS) is 22.9. The van der Waals surface area contributed by atoms with Crippen LogP contribution in [0.3, 0.4) is 0 Å². The van der Waals surface area contributed by atoms with E-state index in [4.69, 9.17) is 9.97 Å². The molecule has 0 amide bonds. The fraction of sp³-hybridized carbons (Fsp3) is 0.680. The lowest BCUT2D eigenvalue weighted by Crippen LogP contribution is -2.37. The van der Waals surface area contributed by atoms with Crippen LogP contribution in [0.4, 0.5) is 11.8 Å². The van der Waals surface area contributed by atoms with E-state index in [1.165, 1.54) is 77.2 Å². The Hall–Kier alpha value is -1.88. The van der Waals surface area contributed by atoms with E-state index in [1.54, 1.807) is 0 Å². The van der Waals surface area contributed by atoms with Crippen molar-refractivity contribution in [2.45, 2.75) is 82.7 Å². The van der Waals surface area contributed by atoms with E-state index in [-0.39, 0.29) is 0 Å². The molecule has 2 fully saturated rings. The van der Waals surface area contributed by atoms with Gasteiger partial charge in [-0.1, -0.05) is 44.2 Å². The zero-order valence-corrected chi connectivity index (χ0v) is 18.9. The van der Waals surface area contributed by atoms with Crippen molar-refractivity contribution in [1.29, 1.82) is 0 Å².